The molecule has 9 heteroatoms. The zero-order chi connectivity index (χ0) is 23.6. The summed E-state index contributed by atoms with van der Waals surface area (Å²) in [6.45, 7) is 8.20. The number of aromatic nitrogens is 4. The van der Waals surface area contributed by atoms with E-state index in [-0.39, 0.29) is 12.0 Å². The van der Waals surface area contributed by atoms with Crippen LogP contribution in [0.1, 0.15) is 57.9 Å². The van der Waals surface area contributed by atoms with Gasteiger partial charge in [-0.3, -0.25) is 0 Å². The first-order valence-corrected chi connectivity index (χ1v) is 11.8. The van der Waals surface area contributed by atoms with Crippen molar-refractivity contribution in [3.63, 3.8) is 0 Å². The maximum absolute atomic E-state index is 10.1. The lowest BCUT2D eigenvalue weighted by molar-refractivity contribution is 0.105. The van der Waals surface area contributed by atoms with Crippen molar-refractivity contribution in [2.75, 3.05) is 30.8 Å². The summed E-state index contributed by atoms with van der Waals surface area (Å²) in [5.41, 5.74) is 2.58. The van der Waals surface area contributed by atoms with Gasteiger partial charge in [0, 0.05) is 30.7 Å². The van der Waals surface area contributed by atoms with E-state index in [1.54, 1.807) is 12.4 Å². The molecule has 0 aliphatic carbocycles. The molecule has 1 saturated heterocycles. The van der Waals surface area contributed by atoms with Crippen molar-refractivity contribution in [1.29, 1.82) is 0 Å². The minimum atomic E-state index is -0.586. The minimum absolute atomic E-state index is 0.0788. The molecule has 1 fully saturated rings. The molecule has 4 N–H and O–H groups in total. The van der Waals surface area contributed by atoms with Gasteiger partial charge in [0.1, 0.15) is 12.3 Å². The van der Waals surface area contributed by atoms with Gasteiger partial charge in [-0.2, -0.15) is 10.1 Å². The first-order chi connectivity index (χ1) is 15.9. The van der Waals surface area contributed by atoms with E-state index in [1.807, 2.05) is 31.2 Å². The van der Waals surface area contributed by atoms with Crippen molar-refractivity contribution in [1.82, 2.24) is 25.1 Å². The zero-order valence-corrected chi connectivity index (χ0v) is 20.1. The van der Waals surface area contributed by atoms with Crippen LogP contribution in [0.25, 0.3) is 0 Å². The highest BCUT2D eigenvalue weighted by molar-refractivity contribution is 5.61. The Morgan fingerprint density at radius 2 is 1.97 bits per heavy atom. The number of piperidine rings is 1. The molecule has 1 aromatic carbocycles. The van der Waals surface area contributed by atoms with E-state index in [2.05, 4.69) is 56.6 Å². The van der Waals surface area contributed by atoms with Crippen molar-refractivity contribution in [3.05, 3.63) is 42.2 Å². The highest BCUT2D eigenvalue weighted by atomic mass is 16.5. The number of ether oxygens (including phenoxy) is 1. The van der Waals surface area contributed by atoms with Crippen molar-refractivity contribution in [2.24, 2.45) is 0 Å². The Bertz CT molecular complexity index is 925. The van der Waals surface area contributed by atoms with Gasteiger partial charge in [-0.05, 0) is 56.0 Å². The lowest BCUT2D eigenvalue weighted by Gasteiger charge is -2.28. The lowest BCUT2D eigenvalue weighted by atomic mass is 10.1. The second-order valence-corrected chi connectivity index (χ2v) is 8.80. The fourth-order valence-electron chi connectivity index (χ4n) is 3.50. The number of H-pyrrole nitrogens is 1. The van der Waals surface area contributed by atoms with Crippen LogP contribution < -0.4 is 15.4 Å². The van der Waals surface area contributed by atoms with Crippen LogP contribution in [-0.2, 0) is 0 Å². The summed E-state index contributed by atoms with van der Waals surface area (Å²) in [6.07, 6.45) is 6.47. The number of aromatic amines is 1. The number of anilines is 3. The van der Waals surface area contributed by atoms with Crippen LogP contribution in [0.4, 0.5) is 17.3 Å². The van der Waals surface area contributed by atoms with Gasteiger partial charge in [0.15, 0.2) is 0 Å². The molecular formula is C24H37N7O2. The topological polar surface area (TPSA) is 111 Å². The number of hydrogen-bond acceptors (Lipinski definition) is 8. The molecule has 180 valence electrons. The summed E-state index contributed by atoms with van der Waals surface area (Å²) in [4.78, 5) is 11.4. The molecule has 1 atom stereocenters. The second kappa shape index (κ2) is 12.4. The zero-order valence-electron chi connectivity index (χ0n) is 20.1. The van der Waals surface area contributed by atoms with Crippen molar-refractivity contribution in [3.8, 4) is 6.01 Å². The van der Waals surface area contributed by atoms with Gasteiger partial charge in [-0.25, -0.2) is 10.1 Å². The smallest absolute Gasteiger partial charge is 0.319 e. The van der Waals surface area contributed by atoms with Gasteiger partial charge in [0.2, 0.25) is 5.95 Å². The summed E-state index contributed by atoms with van der Waals surface area (Å²) < 4.78 is 6.18. The predicted molar refractivity (Wildman–Crippen MR) is 131 cm³/mol. The van der Waals surface area contributed by atoms with Crippen LogP contribution >= 0.6 is 0 Å². The van der Waals surface area contributed by atoms with Gasteiger partial charge in [-0.15, -0.1) is 0 Å². The van der Waals surface area contributed by atoms with Crippen LogP contribution in [0.3, 0.4) is 0 Å². The van der Waals surface area contributed by atoms with E-state index in [4.69, 9.17) is 4.74 Å². The van der Waals surface area contributed by atoms with Gasteiger partial charge in [-0.1, -0.05) is 33.3 Å². The first kappa shape index (κ1) is 24.7. The highest BCUT2D eigenvalue weighted by Crippen LogP contribution is 2.20. The van der Waals surface area contributed by atoms with Crippen molar-refractivity contribution < 1.29 is 9.84 Å². The summed E-state index contributed by atoms with van der Waals surface area (Å²) in [5.74, 6) is 0.665. The summed E-state index contributed by atoms with van der Waals surface area (Å²) in [5, 5.41) is 23.7. The van der Waals surface area contributed by atoms with Crippen LogP contribution in [0.15, 0.2) is 36.7 Å². The normalized spacial score (nSPS) is 15.7. The average Bonchev–Trinajstić information content (AvgIpc) is 2.86. The molecular weight excluding hydrogens is 418 g/mol. The molecule has 9 nitrogen and oxygen atoms in total. The van der Waals surface area contributed by atoms with Crippen molar-refractivity contribution >= 4 is 17.3 Å². The monoisotopic (exact) mass is 455 g/mol. The van der Waals surface area contributed by atoms with Gasteiger partial charge in [0.25, 0.3) is 0 Å². The molecule has 1 unspecified atom stereocenters. The van der Waals surface area contributed by atoms with Gasteiger partial charge >= 0.3 is 6.01 Å². The molecule has 0 bridgehead atoms. The molecule has 2 heterocycles. The van der Waals surface area contributed by atoms with Crippen LogP contribution in [0.5, 0.6) is 6.01 Å². The van der Waals surface area contributed by atoms with E-state index >= 15 is 0 Å². The third kappa shape index (κ3) is 8.18. The van der Waals surface area contributed by atoms with E-state index in [0.717, 1.165) is 49.3 Å². The minimum Gasteiger partial charge on any atom is -0.460 e. The quantitative estimate of drug-likeness (QED) is 0.417. The SMILES string of the molecule is CCCC(O)Nc1cccc(Nc2nc(OC3CCN(C)CC3)ncc(C(C)C)cn[nH]2)c1. The van der Waals surface area contributed by atoms with Crippen LogP contribution in [0.2, 0.25) is 0 Å². The second-order valence-electron chi connectivity index (χ2n) is 8.80. The van der Waals surface area contributed by atoms with Gasteiger partial charge in [0.05, 0.1) is 6.20 Å². The lowest BCUT2D eigenvalue weighted by Crippen LogP contribution is -2.35. The Kier molecular flexibility index (Phi) is 9.26. The molecule has 0 saturated carbocycles. The number of benzene rings is 1. The number of aliphatic hydroxyl groups excluding tert-OH is 1. The predicted octanol–water partition coefficient (Wildman–Crippen LogP) is 4.19. The molecule has 0 amide bonds. The Balaban J connectivity index is 1.85. The largest absolute Gasteiger partial charge is 0.460 e. The van der Waals surface area contributed by atoms with Gasteiger partial charge < -0.3 is 25.4 Å². The molecule has 0 radical (unpaired) electrons. The molecule has 0 spiro atoms. The number of rotatable bonds is 9. The molecule has 1 aromatic heterocycles. The maximum atomic E-state index is 10.1. The maximum Gasteiger partial charge on any atom is 0.319 e. The highest BCUT2D eigenvalue weighted by Gasteiger charge is 2.19. The van der Waals surface area contributed by atoms with Crippen molar-refractivity contribution in [2.45, 2.75) is 64.7 Å². The van der Waals surface area contributed by atoms with Crippen LogP contribution in [-0.4, -0.2) is 62.6 Å². The number of nitrogens with one attached hydrogen (secondary N) is 3. The van der Waals surface area contributed by atoms with E-state index in [1.165, 1.54) is 0 Å². The summed E-state index contributed by atoms with van der Waals surface area (Å²) in [7, 11) is 2.12. The molecule has 3 rings (SSSR count). The standard InChI is InChI=1S/C24H37N7O2/c1-5-7-22(32)27-19-8-6-9-20(14-19)28-23-29-24(33-21-10-12-31(4)13-11-21)25-15-18(17(2)3)16-26-30-23/h6,8-9,14-17,21-22,27,32H,5,7,10-13H2,1-4H3,(H2,25,28,29,30). The molecule has 2 aromatic rings. The number of hydrogen-bond donors (Lipinski definition) is 4. The molecule has 1 aliphatic heterocycles. The number of nitrogens with zero attached hydrogens (tertiary/aromatic N) is 4. The Morgan fingerprint density at radius 1 is 1.21 bits per heavy atom. The van der Waals surface area contributed by atoms with E-state index < -0.39 is 6.23 Å². The fourth-order valence-corrected chi connectivity index (χ4v) is 3.50. The number of likely N-dealkylation sites (tertiary alicyclic amines) is 1. The number of aliphatic hydroxyl groups is 1. The third-order valence-corrected chi connectivity index (χ3v) is 5.54. The van der Waals surface area contributed by atoms with E-state index in [0.29, 0.717) is 18.4 Å². The average molecular weight is 456 g/mol. The Morgan fingerprint density at radius 3 is 2.70 bits per heavy atom. The van der Waals surface area contributed by atoms with E-state index in [9.17, 15) is 5.11 Å². The summed E-state index contributed by atoms with van der Waals surface area (Å²) in [6, 6.07) is 7.95. The Labute approximate surface area is 196 Å². The fraction of sp³-hybridized carbons (Fsp3) is 0.542. The molecule has 1 aliphatic rings. The van der Waals surface area contributed by atoms with Crippen LogP contribution in [0, 0.1) is 0 Å². The third-order valence-electron chi connectivity index (χ3n) is 5.54. The first-order valence-electron chi connectivity index (χ1n) is 11.8. The Hall–Kier alpha value is -2.91. The summed E-state index contributed by atoms with van der Waals surface area (Å²) >= 11 is 0. The molecule has 33 heavy (non-hydrogen) atoms.